The molecule has 1 aliphatic rings. The average molecular weight is 443 g/mol. The number of alkyl halides is 3. The second-order valence-electron chi connectivity index (χ2n) is 7.82. The van der Waals surface area contributed by atoms with E-state index in [-0.39, 0.29) is 22.9 Å². The second-order valence-corrected chi connectivity index (χ2v) is 7.82. The van der Waals surface area contributed by atoms with Gasteiger partial charge in [-0.1, -0.05) is 72.8 Å². The number of aromatic nitrogens is 2. The number of imidazole rings is 1. The topological polar surface area (TPSA) is 39.4 Å². The van der Waals surface area contributed by atoms with E-state index in [2.05, 4.69) is 9.98 Å². The molecule has 0 N–H and O–H groups in total. The van der Waals surface area contributed by atoms with E-state index in [1.165, 1.54) is 12.1 Å². The molecule has 1 atom stereocenters. The number of hydrogen-bond donors (Lipinski definition) is 0. The van der Waals surface area contributed by atoms with Crippen LogP contribution in [0.15, 0.2) is 102 Å². The van der Waals surface area contributed by atoms with Crippen LogP contribution in [-0.4, -0.2) is 21.6 Å². The SMILES string of the molecule is FC(F)(F)[C@]1(c2ccccc2)OC(c2ccc3ccccc3c2)=Nc2nc3ccccc3n21. The molecule has 0 spiro atoms. The van der Waals surface area contributed by atoms with E-state index in [1.54, 1.807) is 54.6 Å². The summed E-state index contributed by atoms with van der Waals surface area (Å²) >= 11 is 0. The predicted molar refractivity (Wildman–Crippen MR) is 121 cm³/mol. The van der Waals surface area contributed by atoms with E-state index in [9.17, 15) is 0 Å². The smallest absolute Gasteiger partial charge is 0.436 e. The van der Waals surface area contributed by atoms with Gasteiger partial charge in [-0.15, -0.1) is 0 Å². The summed E-state index contributed by atoms with van der Waals surface area (Å²) in [4.78, 5) is 8.86. The van der Waals surface area contributed by atoms with Crippen LogP contribution in [0.25, 0.3) is 21.8 Å². The number of aliphatic imine (C=N–C) groups is 1. The number of halogens is 3. The molecule has 0 radical (unpaired) electrons. The molecule has 7 heteroatoms. The van der Waals surface area contributed by atoms with Crippen LogP contribution in [0.3, 0.4) is 0 Å². The van der Waals surface area contributed by atoms with Crippen molar-refractivity contribution in [3.8, 4) is 0 Å². The molecule has 1 aromatic heterocycles. The lowest BCUT2D eigenvalue weighted by atomic mass is 9.99. The highest BCUT2D eigenvalue weighted by Gasteiger charge is 2.63. The van der Waals surface area contributed by atoms with E-state index in [0.717, 1.165) is 15.3 Å². The van der Waals surface area contributed by atoms with Gasteiger partial charge in [0.15, 0.2) is 0 Å². The standard InChI is InChI=1S/C26H16F3N3O/c27-26(28,29)25(20-10-2-1-3-11-20)32-22-13-7-6-12-21(22)30-24(32)31-23(33-25)19-15-14-17-8-4-5-9-18(17)16-19/h1-16H/t25-/m0/s1. The zero-order valence-electron chi connectivity index (χ0n) is 17.1. The third-order valence-corrected chi connectivity index (χ3v) is 5.85. The maximum atomic E-state index is 15.1. The van der Waals surface area contributed by atoms with Crippen molar-refractivity contribution >= 4 is 33.7 Å². The van der Waals surface area contributed by atoms with Gasteiger partial charge in [0.2, 0.25) is 11.8 Å². The van der Waals surface area contributed by atoms with Crippen molar-refractivity contribution in [2.75, 3.05) is 0 Å². The van der Waals surface area contributed by atoms with Gasteiger partial charge in [0.25, 0.3) is 0 Å². The van der Waals surface area contributed by atoms with E-state index in [0.29, 0.717) is 11.1 Å². The van der Waals surface area contributed by atoms with Crippen LogP contribution in [0.2, 0.25) is 0 Å². The van der Waals surface area contributed by atoms with Gasteiger partial charge in [0.1, 0.15) is 0 Å². The molecule has 4 nitrogen and oxygen atoms in total. The molecule has 0 saturated carbocycles. The van der Waals surface area contributed by atoms with Crippen molar-refractivity contribution in [1.29, 1.82) is 0 Å². The zero-order valence-corrected chi connectivity index (χ0v) is 17.1. The van der Waals surface area contributed by atoms with Crippen LogP contribution in [0.4, 0.5) is 19.1 Å². The van der Waals surface area contributed by atoms with Crippen molar-refractivity contribution in [3.05, 3.63) is 108 Å². The lowest BCUT2D eigenvalue weighted by Crippen LogP contribution is -2.53. The summed E-state index contributed by atoms with van der Waals surface area (Å²) in [6.45, 7) is 0. The molecular weight excluding hydrogens is 427 g/mol. The summed E-state index contributed by atoms with van der Waals surface area (Å²) in [6, 6.07) is 27.2. The minimum absolute atomic E-state index is 0.0601. The molecule has 0 saturated heterocycles. The molecule has 0 aliphatic carbocycles. The average Bonchev–Trinajstić information content (AvgIpc) is 3.22. The Balaban J connectivity index is 1.68. The monoisotopic (exact) mass is 443 g/mol. The van der Waals surface area contributed by atoms with Crippen LogP contribution in [0.5, 0.6) is 0 Å². The number of fused-ring (bicyclic) bond motifs is 4. The summed E-state index contributed by atoms with van der Waals surface area (Å²) in [5.41, 5.74) is -1.76. The van der Waals surface area contributed by atoms with Crippen LogP contribution >= 0.6 is 0 Å². The summed E-state index contributed by atoms with van der Waals surface area (Å²) in [7, 11) is 0. The first-order valence-corrected chi connectivity index (χ1v) is 10.3. The van der Waals surface area contributed by atoms with Gasteiger partial charge in [-0.05, 0) is 35.0 Å². The van der Waals surface area contributed by atoms with Gasteiger partial charge in [0.05, 0.1) is 11.0 Å². The maximum Gasteiger partial charge on any atom is 0.454 e. The molecule has 2 heterocycles. The fraction of sp³-hybridized carbons (Fsp3) is 0.0769. The highest BCUT2D eigenvalue weighted by atomic mass is 19.4. The van der Waals surface area contributed by atoms with E-state index >= 15 is 13.2 Å². The first kappa shape index (κ1) is 19.5. The first-order valence-electron chi connectivity index (χ1n) is 10.3. The normalized spacial score (nSPS) is 18.1. The Hall–Kier alpha value is -4.13. The van der Waals surface area contributed by atoms with Crippen LogP contribution < -0.4 is 0 Å². The molecule has 1 aliphatic heterocycles. The van der Waals surface area contributed by atoms with Crippen molar-refractivity contribution < 1.29 is 17.9 Å². The Morgan fingerprint density at radius 3 is 2.24 bits per heavy atom. The lowest BCUT2D eigenvalue weighted by Gasteiger charge is -2.40. The van der Waals surface area contributed by atoms with E-state index in [1.807, 2.05) is 30.3 Å². The molecule has 0 amide bonds. The number of ether oxygens (including phenoxy) is 1. The zero-order chi connectivity index (χ0) is 22.6. The molecule has 162 valence electrons. The van der Waals surface area contributed by atoms with Crippen LogP contribution in [0.1, 0.15) is 11.1 Å². The van der Waals surface area contributed by atoms with Gasteiger partial charge in [-0.25, -0.2) is 4.98 Å². The van der Waals surface area contributed by atoms with E-state index < -0.39 is 11.9 Å². The fourth-order valence-electron chi connectivity index (χ4n) is 4.34. The Morgan fingerprint density at radius 2 is 1.45 bits per heavy atom. The Bertz CT molecular complexity index is 1540. The number of hydrogen-bond acceptors (Lipinski definition) is 3. The van der Waals surface area contributed by atoms with Crippen LogP contribution in [0, 0.1) is 0 Å². The Labute approximate surface area is 186 Å². The van der Waals surface area contributed by atoms with Crippen molar-refractivity contribution in [2.45, 2.75) is 11.9 Å². The summed E-state index contributed by atoms with van der Waals surface area (Å²) in [5, 5.41) is 1.84. The lowest BCUT2D eigenvalue weighted by molar-refractivity contribution is -0.271. The highest BCUT2D eigenvalue weighted by Crippen LogP contribution is 2.49. The van der Waals surface area contributed by atoms with Gasteiger partial charge in [-0.3, -0.25) is 4.57 Å². The minimum Gasteiger partial charge on any atom is -0.436 e. The first-order chi connectivity index (χ1) is 16.0. The molecule has 0 fully saturated rings. The number of para-hydroxylation sites is 2. The van der Waals surface area contributed by atoms with Crippen molar-refractivity contribution in [1.82, 2.24) is 9.55 Å². The van der Waals surface area contributed by atoms with Gasteiger partial charge < -0.3 is 4.74 Å². The molecular formula is C26H16F3N3O. The summed E-state index contributed by atoms with van der Waals surface area (Å²) in [5.74, 6) is -0.198. The molecule has 4 aromatic carbocycles. The Kier molecular flexibility index (Phi) is 4.11. The Morgan fingerprint density at radius 1 is 0.758 bits per heavy atom. The molecule has 33 heavy (non-hydrogen) atoms. The summed E-state index contributed by atoms with van der Waals surface area (Å²) < 4.78 is 52.2. The van der Waals surface area contributed by atoms with E-state index in [4.69, 9.17) is 4.74 Å². The molecule has 0 bridgehead atoms. The number of benzene rings is 4. The minimum atomic E-state index is -4.81. The van der Waals surface area contributed by atoms with Crippen LogP contribution in [-0.2, 0) is 10.5 Å². The second kappa shape index (κ2) is 6.93. The van der Waals surface area contributed by atoms with Crippen molar-refractivity contribution in [3.63, 3.8) is 0 Å². The largest absolute Gasteiger partial charge is 0.454 e. The third-order valence-electron chi connectivity index (χ3n) is 5.85. The highest BCUT2D eigenvalue weighted by molar-refractivity contribution is 6.01. The van der Waals surface area contributed by atoms with Gasteiger partial charge in [0, 0.05) is 11.1 Å². The van der Waals surface area contributed by atoms with Crippen molar-refractivity contribution in [2.24, 2.45) is 4.99 Å². The summed E-state index contributed by atoms with van der Waals surface area (Å²) in [6.07, 6.45) is -4.81. The molecule has 0 unspecified atom stereocenters. The number of nitrogens with zero attached hydrogens (tertiary/aromatic N) is 3. The predicted octanol–water partition coefficient (Wildman–Crippen LogP) is 6.56. The quantitative estimate of drug-likeness (QED) is 0.310. The van der Waals surface area contributed by atoms with Gasteiger partial charge >= 0.3 is 11.9 Å². The number of rotatable bonds is 2. The molecule has 6 rings (SSSR count). The molecule has 5 aromatic rings. The van der Waals surface area contributed by atoms with Gasteiger partial charge in [-0.2, -0.15) is 18.2 Å². The third kappa shape index (κ3) is 2.85. The fourth-order valence-corrected chi connectivity index (χ4v) is 4.34. The maximum absolute atomic E-state index is 15.1.